The van der Waals surface area contributed by atoms with E-state index >= 15 is 0 Å². The number of hydrogen-bond acceptors (Lipinski definition) is 8. The first-order chi connectivity index (χ1) is 14.1. The van der Waals surface area contributed by atoms with Crippen molar-refractivity contribution in [2.75, 3.05) is 31.2 Å². The molecule has 0 atom stereocenters. The standard InChI is InChI=1S/C20H17FN6O2/c1-13-25-18(27-4-6-28-7-5-27)9-19(26-13)29-17-8-14(10-22)2-3-16(17)20-23-11-15(21)12-24-20/h2-3,8-9,11-12H,4-7H2,1H3. The van der Waals surface area contributed by atoms with Gasteiger partial charge in [0.1, 0.15) is 17.4 Å². The molecule has 9 heteroatoms. The normalized spacial score (nSPS) is 13.8. The predicted molar refractivity (Wildman–Crippen MR) is 102 cm³/mol. The first-order valence-corrected chi connectivity index (χ1v) is 9.01. The van der Waals surface area contributed by atoms with E-state index in [2.05, 4.69) is 30.9 Å². The van der Waals surface area contributed by atoms with Gasteiger partial charge < -0.3 is 14.4 Å². The van der Waals surface area contributed by atoms with Gasteiger partial charge in [-0.15, -0.1) is 0 Å². The van der Waals surface area contributed by atoms with Crippen molar-refractivity contribution in [1.82, 2.24) is 19.9 Å². The number of nitriles is 1. The molecule has 1 aromatic carbocycles. The smallest absolute Gasteiger partial charge is 0.224 e. The Hall–Kier alpha value is -3.64. The molecule has 3 aromatic rings. The van der Waals surface area contributed by atoms with Gasteiger partial charge in [0, 0.05) is 19.2 Å². The third-order valence-corrected chi connectivity index (χ3v) is 4.32. The van der Waals surface area contributed by atoms with E-state index in [-0.39, 0.29) is 5.82 Å². The second-order valence-corrected chi connectivity index (χ2v) is 6.36. The number of nitrogens with zero attached hydrogens (tertiary/aromatic N) is 6. The molecule has 3 heterocycles. The number of rotatable bonds is 4. The third kappa shape index (κ3) is 4.28. The molecule has 0 unspecified atom stereocenters. The fourth-order valence-corrected chi connectivity index (χ4v) is 2.96. The second kappa shape index (κ2) is 8.16. The topological polar surface area (TPSA) is 97.0 Å². The Kier molecular flexibility index (Phi) is 5.27. The van der Waals surface area contributed by atoms with Gasteiger partial charge in [-0.05, 0) is 25.1 Å². The molecular weight excluding hydrogens is 375 g/mol. The summed E-state index contributed by atoms with van der Waals surface area (Å²) in [5, 5.41) is 9.25. The number of morpholine rings is 1. The Morgan fingerprint density at radius 1 is 1.14 bits per heavy atom. The van der Waals surface area contributed by atoms with E-state index < -0.39 is 5.82 Å². The van der Waals surface area contributed by atoms with E-state index in [1.807, 2.05) is 0 Å². The van der Waals surface area contributed by atoms with Gasteiger partial charge in [0.2, 0.25) is 5.88 Å². The summed E-state index contributed by atoms with van der Waals surface area (Å²) >= 11 is 0. The summed E-state index contributed by atoms with van der Waals surface area (Å²) in [6.45, 7) is 4.51. The van der Waals surface area contributed by atoms with Crippen LogP contribution in [0.15, 0.2) is 36.7 Å². The quantitative estimate of drug-likeness (QED) is 0.669. The number of ether oxygens (including phenoxy) is 2. The van der Waals surface area contributed by atoms with Crippen molar-refractivity contribution in [3.63, 3.8) is 0 Å². The molecule has 1 aliphatic rings. The van der Waals surface area contributed by atoms with Crippen LogP contribution < -0.4 is 9.64 Å². The monoisotopic (exact) mass is 392 g/mol. The Morgan fingerprint density at radius 3 is 2.62 bits per heavy atom. The van der Waals surface area contributed by atoms with E-state index in [4.69, 9.17) is 9.47 Å². The first-order valence-electron chi connectivity index (χ1n) is 9.01. The molecule has 0 amide bonds. The van der Waals surface area contributed by atoms with Crippen LogP contribution in [-0.4, -0.2) is 46.2 Å². The lowest BCUT2D eigenvalue weighted by Crippen LogP contribution is -2.36. The summed E-state index contributed by atoms with van der Waals surface area (Å²) in [6, 6.07) is 8.69. The van der Waals surface area contributed by atoms with Crippen LogP contribution in [0.1, 0.15) is 11.4 Å². The number of hydrogen-bond donors (Lipinski definition) is 0. The molecule has 1 aliphatic heterocycles. The van der Waals surface area contributed by atoms with Crippen LogP contribution in [0, 0.1) is 24.1 Å². The molecule has 1 saturated heterocycles. The van der Waals surface area contributed by atoms with Gasteiger partial charge in [0.15, 0.2) is 11.6 Å². The van der Waals surface area contributed by atoms with E-state index in [1.54, 1.807) is 31.2 Å². The van der Waals surface area contributed by atoms with Gasteiger partial charge >= 0.3 is 0 Å². The Bertz CT molecular complexity index is 1060. The van der Waals surface area contributed by atoms with Crippen LogP contribution >= 0.6 is 0 Å². The molecule has 0 radical (unpaired) electrons. The largest absolute Gasteiger partial charge is 0.438 e. The highest BCUT2D eigenvalue weighted by Gasteiger charge is 2.17. The molecule has 4 rings (SSSR count). The summed E-state index contributed by atoms with van der Waals surface area (Å²) in [5.74, 6) is 1.72. The minimum absolute atomic E-state index is 0.282. The summed E-state index contributed by atoms with van der Waals surface area (Å²) in [7, 11) is 0. The zero-order valence-electron chi connectivity index (χ0n) is 15.7. The zero-order valence-corrected chi connectivity index (χ0v) is 15.7. The van der Waals surface area contributed by atoms with Crippen molar-refractivity contribution in [3.05, 3.63) is 53.9 Å². The highest BCUT2D eigenvalue weighted by Crippen LogP contribution is 2.32. The summed E-state index contributed by atoms with van der Waals surface area (Å²) in [5.41, 5.74) is 0.929. The highest BCUT2D eigenvalue weighted by molar-refractivity contribution is 5.66. The van der Waals surface area contributed by atoms with Crippen molar-refractivity contribution in [3.8, 4) is 29.1 Å². The van der Waals surface area contributed by atoms with E-state index in [0.717, 1.165) is 31.3 Å². The van der Waals surface area contributed by atoms with Gasteiger partial charge in [0.05, 0.1) is 42.8 Å². The first kappa shape index (κ1) is 18.7. The molecular formula is C20H17FN6O2. The molecule has 0 saturated carbocycles. The lowest BCUT2D eigenvalue weighted by Gasteiger charge is -2.28. The van der Waals surface area contributed by atoms with Crippen molar-refractivity contribution >= 4 is 5.82 Å². The van der Waals surface area contributed by atoms with Crippen LogP contribution in [-0.2, 0) is 4.74 Å². The van der Waals surface area contributed by atoms with Crippen molar-refractivity contribution < 1.29 is 13.9 Å². The molecule has 2 aromatic heterocycles. The Balaban J connectivity index is 1.71. The van der Waals surface area contributed by atoms with Gasteiger partial charge in [-0.2, -0.15) is 10.2 Å². The molecule has 0 N–H and O–H groups in total. The van der Waals surface area contributed by atoms with Crippen molar-refractivity contribution in [2.45, 2.75) is 6.92 Å². The Morgan fingerprint density at radius 2 is 1.90 bits per heavy atom. The van der Waals surface area contributed by atoms with Crippen LogP contribution in [0.3, 0.4) is 0 Å². The summed E-state index contributed by atoms with van der Waals surface area (Å²) in [4.78, 5) is 19.0. The molecule has 1 fully saturated rings. The van der Waals surface area contributed by atoms with Crippen LogP contribution in [0.2, 0.25) is 0 Å². The number of halogens is 1. The lowest BCUT2D eigenvalue weighted by atomic mass is 10.1. The zero-order chi connectivity index (χ0) is 20.2. The van der Waals surface area contributed by atoms with Gasteiger partial charge in [-0.3, -0.25) is 0 Å². The van der Waals surface area contributed by atoms with Gasteiger partial charge in [-0.25, -0.2) is 19.3 Å². The minimum atomic E-state index is -0.536. The number of aromatic nitrogens is 4. The van der Waals surface area contributed by atoms with Crippen LogP contribution in [0.4, 0.5) is 10.2 Å². The number of benzene rings is 1. The second-order valence-electron chi connectivity index (χ2n) is 6.36. The fourth-order valence-electron chi connectivity index (χ4n) is 2.96. The molecule has 8 nitrogen and oxygen atoms in total. The van der Waals surface area contributed by atoms with E-state index in [1.165, 1.54) is 0 Å². The third-order valence-electron chi connectivity index (χ3n) is 4.32. The highest BCUT2D eigenvalue weighted by atomic mass is 19.1. The predicted octanol–water partition coefficient (Wildman–Crippen LogP) is 2.88. The molecule has 146 valence electrons. The van der Waals surface area contributed by atoms with Crippen LogP contribution in [0.25, 0.3) is 11.4 Å². The molecule has 0 spiro atoms. The Labute approximate surface area is 166 Å². The van der Waals surface area contributed by atoms with Crippen LogP contribution in [0.5, 0.6) is 11.6 Å². The van der Waals surface area contributed by atoms with Gasteiger partial charge in [-0.1, -0.05) is 0 Å². The molecule has 0 bridgehead atoms. The maximum absolute atomic E-state index is 13.2. The summed E-state index contributed by atoms with van der Waals surface area (Å²) < 4.78 is 24.6. The maximum atomic E-state index is 13.2. The van der Waals surface area contributed by atoms with Crippen molar-refractivity contribution in [2.24, 2.45) is 0 Å². The number of aryl methyl sites for hydroxylation is 1. The minimum Gasteiger partial charge on any atom is -0.438 e. The number of anilines is 1. The average Bonchev–Trinajstić information content (AvgIpc) is 2.74. The van der Waals surface area contributed by atoms with Gasteiger partial charge in [0.25, 0.3) is 0 Å². The van der Waals surface area contributed by atoms with E-state index in [0.29, 0.717) is 41.8 Å². The molecule has 29 heavy (non-hydrogen) atoms. The van der Waals surface area contributed by atoms with Crippen molar-refractivity contribution in [1.29, 1.82) is 5.26 Å². The average molecular weight is 392 g/mol. The van der Waals surface area contributed by atoms with E-state index in [9.17, 15) is 9.65 Å². The lowest BCUT2D eigenvalue weighted by molar-refractivity contribution is 0.122. The molecule has 0 aliphatic carbocycles. The maximum Gasteiger partial charge on any atom is 0.224 e. The SMILES string of the molecule is Cc1nc(Oc2cc(C#N)ccc2-c2ncc(F)cn2)cc(N2CCOCC2)n1. The summed E-state index contributed by atoms with van der Waals surface area (Å²) in [6.07, 6.45) is 2.16. The fraction of sp³-hybridized carbons (Fsp3) is 0.250.